The topological polar surface area (TPSA) is 23.5 Å². The molecule has 3 heteroatoms. The first kappa shape index (κ1) is 13.4. The van der Waals surface area contributed by atoms with Crippen LogP contribution in [0.4, 0.5) is 10.1 Å². The second kappa shape index (κ2) is 5.74. The van der Waals surface area contributed by atoms with Gasteiger partial charge in [0.05, 0.1) is 0 Å². The van der Waals surface area contributed by atoms with Crippen molar-refractivity contribution in [1.82, 2.24) is 0 Å². The molecule has 0 spiro atoms. The van der Waals surface area contributed by atoms with E-state index in [0.717, 1.165) is 23.9 Å². The second-order valence-electron chi connectivity index (χ2n) is 4.62. The van der Waals surface area contributed by atoms with Crippen molar-refractivity contribution in [3.63, 3.8) is 0 Å². The minimum absolute atomic E-state index is 0.0316. The summed E-state index contributed by atoms with van der Waals surface area (Å²) < 4.78 is 13.3. The van der Waals surface area contributed by atoms with Crippen LogP contribution < -0.4 is 4.90 Å². The molecule has 100 valence electrons. The maximum absolute atomic E-state index is 13.3. The number of phenols is 1. The van der Waals surface area contributed by atoms with Crippen molar-refractivity contribution in [3.05, 3.63) is 59.4 Å². The Kier molecular flexibility index (Phi) is 4.05. The maximum atomic E-state index is 13.3. The van der Waals surface area contributed by atoms with Crippen molar-refractivity contribution < 1.29 is 9.50 Å². The number of hydrogen-bond donors (Lipinski definition) is 1. The summed E-state index contributed by atoms with van der Waals surface area (Å²) in [6, 6.07) is 12.3. The van der Waals surface area contributed by atoms with Crippen LogP contribution in [0.25, 0.3) is 0 Å². The molecule has 0 radical (unpaired) electrons. The van der Waals surface area contributed by atoms with E-state index >= 15 is 0 Å². The number of aryl methyl sites for hydroxylation is 1. The normalized spacial score (nSPS) is 10.5. The van der Waals surface area contributed by atoms with Gasteiger partial charge >= 0.3 is 0 Å². The first-order valence-corrected chi connectivity index (χ1v) is 6.39. The smallest absolute Gasteiger partial charge is 0.127 e. The van der Waals surface area contributed by atoms with E-state index in [-0.39, 0.29) is 5.75 Å². The van der Waals surface area contributed by atoms with E-state index in [9.17, 15) is 9.50 Å². The summed E-state index contributed by atoms with van der Waals surface area (Å²) >= 11 is 0. The molecule has 0 aliphatic rings. The lowest BCUT2D eigenvalue weighted by molar-refractivity contribution is 0.468. The van der Waals surface area contributed by atoms with E-state index in [1.165, 1.54) is 11.6 Å². The summed E-state index contributed by atoms with van der Waals surface area (Å²) in [4.78, 5) is 2.16. The molecule has 0 aliphatic heterocycles. The van der Waals surface area contributed by atoms with Gasteiger partial charge in [-0.05, 0) is 43.2 Å². The van der Waals surface area contributed by atoms with E-state index in [0.29, 0.717) is 6.54 Å². The van der Waals surface area contributed by atoms with Gasteiger partial charge < -0.3 is 10.0 Å². The van der Waals surface area contributed by atoms with E-state index < -0.39 is 5.82 Å². The summed E-state index contributed by atoms with van der Waals surface area (Å²) in [5.74, 6) is -0.438. The number of halogens is 1. The van der Waals surface area contributed by atoms with Crippen LogP contribution in [0.1, 0.15) is 18.1 Å². The number of aromatic hydroxyl groups is 1. The van der Waals surface area contributed by atoms with Gasteiger partial charge in [0.15, 0.2) is 0 Å². The Balaban J connectivity index is 2.26. The molecule has 2 aromatic rings. The molecule has 1 N–H and O–H groups in total. The predicted octanol–water partition coefficient (Wildman–Crippen LogP) is 3.87. The van der Waals surface area contributed by atoms with Crippen molar-refractivity contribution in [1.29, 1.82) is 0 Å². The molecule has 0 unspecified atom stereocenters. The number of benzene rings is 2. The molecular weight excluding hydrogens is 241 g/mol. The fourth-order valence-electron chi connectivity index (χ4n) is 2.23. The molecule has 0 heterocycles. The number of nitrogens with zero attached hydrogens (tertiary/aromatic N) is 1. The van der Waals surface area contributed by atoms with Crippen molar-refractivity contribution in [2.45, 2.75) is 20.4 Å². The Morgan fingerprint density at radius 2 is 1.89 bits per heavy atom. The lowest BCUT2D eigenvalue weighted by Gasteiger charge is -2.25. The summed E-state index contributed by atoms with van der Waals surface area (Å²) in [7, 11) is 0. The lowest BCUT2D eigenvalue weighted by Crippen LogP contribution is -2.22. The van der Waals surface area contributed by atoms with Gasteiger partial charge in [0.1, 0.15) is 11.6 Å². The Morgan fingerprint density at radius 1 is 1.16 bits per heavy atom. The van der Waals surface area contributed by atoms with Crippen molar-refractivity contribution in [3.8, 4) is 5.75 Å². The standard InChI is InChI=1S/C16H18FNO/c1-3-18(16-7-5-4-6-12(16)2)11-13-8-14(17)10-15(19)9-13/h4-10,19H,3,11H2,1-2H3. The molecule has 0 amide bonds. The monoisotopic (exact) mass is 259 g/mol. The second-order valence-corrected chi connectivity index (χ2v) is 4.62. The van der Waals surface area contributed by atoms with Crippen LogP contribution in [-0.2, 0) is 6.54 Å². The summed E-state index contributed by atoms with van der Waals surface area (Å²) in [5.41, 5.74) is 3.08. The summed E-state index contributed by atoms with van der Waals surface area (Å²) in [5, 5.41) is 9.45. The third-order valence-corrected chi connectivity index (χ3v) is 3.15. The Bertz CT molecular complexity index is 548. The molecule has 0 aromatic heterocycles. The average molecular weight is 259 g/mol. The highest BCUT2D eigenvalue weighted by atomic mass is 19.1. The Morgan fingerprint density at radius 3 is 2.53 bits per heavy atom. The van der Waals surface area contributed by atoms with Gasteiger partial charge in [-0.25, -0.2) is 4.39 Å². The zero-order valence-electron chi connectivity index (χ0n) is 11.2. The van der Waals surface area contributed by atoms with Gasteiger partial charge in [-0.1, -0.05) is 18.2 Å². The van der Waals surface area contributed by atoms with Crippen LogP contribution in [0.2, 0.25) is 0 Å². The zero-order chi connectivity index (χ0) is 13.8. The summed E-state index contributed by atoms with van der Waals surface area (Å²) in [6.45, 7) is 5.52. The Labute approximate surface area is 113 Å². The van der Waals surface area contributed by atoms with Crippen LogP contribution in [0, 0.1) is 12.7 Å². The zero-order valence-corrected chi connectivity index (χ0v) is 11.2. The van der Waals surface area contributed by atoms with Gasteiger partial charge in [0, 0.05) is 24.8 Å². The molecule has 0 bridgehead atoms. The fourth-order valence-corrected chi connectivity index (χ4v) is 2.23. The van der Waals surface area contributed by atoms with E-state index in [2.05, 4.69) is 30.9 Å². The molecule has 0 saturated heterocycles. The van der Waals surface area contributed by atoms with E-state index in [1.807, 2.05) is 12.1 Å². The molecule has 19 heavy (non-hydrogen) atoms. The fraction of sp³-hybridized carbons (Fsp3) is 0.250. The van der Waals surface area contributed by atoms with Gasteiger partial charge in [-0.15, -0.1) is 0 Å². The summed E-state index contributed by atoms with van der Waals surface area (Å²) in [6.07, 6.45) is 0. The molecule has 0 atom stereocenters. The van der Waals surface area contributed by atoms with Crippen molar-refractivity contribution >= 4 is 5.69 Å². The van der Waals surface area contributed by atoms with Gasteiger partial charge in [0.25, 0.3) is 0 Å². The highest BCUT2D eigenvalue weighted by Gasteiger charge is 2.09. The van der Waals surface area contributed by atoms with Crippen LogP contribution >= 0.6 is 0 Å². The third kappa shape index (κ3) is 3.25. The van der Waals surface area contributed by atoms with Gasteiger partial charge in [-0.2, -0.15) is 0 Å². The number of phenolic OH excluding ortho intramolecular Hbond substituents is 1. The third-order valence-electron chi connectivity index (χ3n) is 3.15. The number of anilines is 1. The van der Waals surface area contributed by atoms with Crippen molar-refractivity contribution in [2.75, 3.05) is 11.4 Å². The lowest BCUT2D eigenvalue weighted by atomic mass is 10.1. The molecule has 0 fully saturated rings. The number of para-hydroxylation sites is 1. The largest absolute Gasteiger partial charge is 0.508 e. The minimum atomic E-state index is -0.407. The molecule has 0 saturated carbocycles. The predicted molar refractivity (Wildman–Crippen MR) is 76.0 cm³/mol. The van der Waals surface area contributed by atoms with Gasteiger partial charge in [-0.3, -0.25) is 0 Å². The minimum Gasteiger partial charge on any atom is -0.508 e. The molecule has 2 rings (SSSR count). The average Bonchev–Trinajstić information content (AvgIpc) is 2.36. The first-order valence-electron chi connectivity index (χ1n) is 6.39. The van der Waals surface area contributed by atoms with Crippen LogP contribution in [-0.4, -0.2) is 11.7 Å². The Hall–Kier alpha value is -2.03. The van der Waals surface area contributed by atoms with E-state index in [1.54, 1.807) is 6.07 Å². The quantitative estimate of drug-likeness (QED) is 0.901. The molecular formula is C16H18FNO. The molecule has 0 aliphatic carbocycles. The van der Waals surface area contributed by atoms with E-state index in [4.69, 9.17) is 0 Å². The van der Waals surface area contributed by atoms with Crippen molar-refractivity contribution in [2.24, 2.45) is 0 Å². The highest BCUT2D eigenvalue weighted by molar-refractivity contribution is 5.53. The highest BCUT2D eigenvalue weighted by Crippen LogP contribution is 2.23. The maximum Gasteiger partial charge on any atom is 0.127 e. The van der Waals surface area contributed by atoms with Crippen LogP contribution in [0.3, 0.4) is 0 Å². The SMILES string of the molecule is CCN(Cc1cc(O)cc(F)c1)c1ccccc1C. The van der Waals surface area contributed by atoms with Gasteiger partial charge in [0.2, 0.25) is 0 Å². The molecule has 2 nitrogen and oxygen atoms in total. The van der Waals surface area contributed by atoms with Crippen LogP contribution in [0.15, 0.2) is 42.5 Å². The number of hydrogen-bond acceptors (Lipinski definition) is 2. The number of rotatable bonds is 4. The first-order chi connectivity index (χ1) is 9.10. The van der Waals surface area contributed by atoms with Crippen LogP contribution in [0.5, 0.6) is 5.75 Å². The molecule has 2 aromatic carbocycles.